The van der Waals surface area contributed by atoms with Gasteiger partial charge in [0, 0.05) is 11.8 Å². The maximum atomic E-state index is 13.2. The van der Waals surface area contributed by atoms with Crippen molar-refractivity contribution in [2.24, 2.45) is 5.73 Å². The number of nitrogens with zero attached hydrogens (tertiary/aromatic N) is 1. The molecule has 3 rings (SSSR count). The average molecular weight is 390 g/mol. The van der Waals surface area contributed by atoms with E-state index in [-0.39, 0.29) is 22.4 Å². The van der Waals surface area contributed by atoms with E-state index in [0.717, 1.165) is 22.9 Å². The Labute approximate surface area is 156 Å². The Hall–Kier alpha value is -3.42. The molecule has 1 amide bonds. The molecular formula is C20H14F4N2O2. The maximum Gasteiger partial charge on any atom is 0.406 e. The van der Waals surface area contributed by atoms with Gasteiger partial charge in [0.1, 0.15) is 17.9 Å². The molecule has 2 N–H and O–H groups in total. The smallest absolute Gasteiger partial charge is 0.365 e. The Kier molecular flexibility index (Phi) is 5.04. The fraction of sp³-hybridized carbons (Fsp3) is 0.100. The summed E-state index contributed by atoms with van der Waals surface area (Å²) >= 11 is 0. The molecule has 0 unspecified atom stereocenters. The number of carbonyl (C=O) groups is 1. The van der Waals surface area contributed by atoms with E-state index in [4.69, 9.17) is 5.73 Å². The van der Waals surface area contributed by atoms with Gasteiger partial charge >= 0.3 is 6.18 Å². The lowest BCUT2D eigenvalue weighted by atomic mass is 9.98. The van der Waals surface area contributed by atoms with Gasteiger partial charge in [-0.1, -0.05) is 42.5 Å². The summed E-state index contributed by atoms with van der Waals surface area (Å²) in [5.74, 6) is -1.72. The molecule has 0 radical (unpaired) electrons. The second kappa shape index (κ2) is 7.30. The Morgan fingerprint density at radius 3 is 2.11 bits per heavy atom. The Morgan fingerprint density at radius 2 is 1.57 bits per heavy atom. The van der Waals surface area contributed by atoms with Crippen molar-refractivity contribution in [1.29, 1.82) is 0 Å². The van der Waals surface area contributed by atoms with E-state index in [0.29, 0.717) is 0 Å². The van der Waals surface area contributed by atoms with Gasteiger partial charge in [-0.05, 0) is 23.3 Å². The van der Waals surface area contributed by atoms with Crippen LogP contribution in [-0.4, -0.2) is 16.7 Å². The van der Waals surface area contributed by atoms with E-state index in [9.17, 15) is 27.2 Å². The van der Waals surface area contributed by atoms with Crippen LogP contribution in [0.5, 0.6) is 0 Å². The van der Waals surface area contributed by atoms with Gasteiger partial charge in [-0.3, -0.25) is 9.59 Å². The van der Waals surface area contributed by atoms with Gasteiger partial charge in [-0.25, -0.2) is 4.39 Å². The van der Waals surface area contributed by atoms with Crippen LogP contribution >= 0.6 is 0 Å². The summed E-state index contributed by atoms with van der Waals surface area (Å²) in [6.45, 7) is -1.44. The second-order valence-corrected chi connectivity index (χ2v) is 6.08. The van der Waals surface area contributed by atoms with Crippen molar-refractivity contribution in [2.75, 3.05) is 0 Å². The Bertz CT molecular complexity index is 1070. The van der Waals surface area contributed by atoms with Crippen molar-refractivity contribution in [3.05, 3.63) is 82.4 Å². The molecule has 0 saturated carbocycles. The second-order valence-electron chi connectivity index (χ2n) is 6.08. The largest absolute Gasteiger partial charge is 0.406 e. The van der Waals surface area contributed by atoms with Crippen molar-refractivity contribution < 1.29 is 22.4 Å². The fourth-order valence-corrected chi connectivity index (χ4v) is 2.95. The number of nitrogens with two attached hydrogens (primary N) is 1. The highest BCUT2D eigenvalue weighted by atomic mass is 19.4. The third kappa shape index (κ3) is 3.95. The van der Waals surface area contributed by atoms with Crippen LogP contribution in [0, 0.1) is 5.82 Å². The van der Waals surface area contributed by atoms with E-state index in [1.54, 1.807) is 18.2 Å². The van der Waals surface area contributed by atoms with Crippen molar-refractivity contribution in [1.82, 2.24) is 4.57 Å². The fourth-order valence-electron chi connectivity index (χ4n) is 2.95. The van der Waals surface area contributed by atoms with Gasteiger partial charge in [0.15, 0.2) is 0 Å². The molecule has 28 heavy (non-hydrogen) atoms. The monoisotopic (exact) mass is 390 g/mol. The van der Waals surface area contributed by atoms with E-state index in [1.165, 1.54) is 24.3 Å². The lowest BCUT2D eigenvalue weighted by Gasteiger charge is -2.20. The first-order valence-corrected chi connectivity index (χ1v) is 8.13. The summed E-state index contributed by atoms with van der Waals surface area (Å²) < 4.78 is 53.5. The summed E-state index contributed by atoms with van der Waals surface area (Å²) in [7, 11) is 0. The summed E-state index contributed by atoms with van der Waals surface area (Å²) in [5.41, 5.74) is 3.99. The molecule has 0 aliphatic carbocycles. The normalized spacial score (nSPS) is 11.4. The first-order chi connectivity index (χ1) is 13.2. The number of halogens is 4. The van der Waals surface area contributed by atoms with Crippen LogP contribution in [0.2, 0.25) is 0 Å². The molecular weight excluding hydrogens is 376 g/mol. The highest BCUT2D eigenvalue weighted by molar-refractivity contribution is 6.00. The number of rotatable bonds is 4. The van der Waals surface area contributed by atoms with Crippen molar-refractivity contribution in [3.63, 3.8) is 0 Å². The quantitative estimate of drug-likeness (QED) is 0.685. The number of pyridine rings is 1. The molecule has 0 aliphatic heterocycles. The van der Waals surface area contributed by atoms with Crippen LogP contribution in [-0.2, 0) is 6.54 Å². The van der Waals surface area contributed by atoms with Gasteiger partial charge in [0.2, 0.25) is 5.43 Å². The molecule has 0 atom stereocenters. The van der Waals surface area contributed by atoms with Gasteiger partial charge in [0.25, 0.3) is 5.91 Å². The van der Waals surface area contributed by atoms with Gasteiger partial charge in [-0.15, -0.1) is 0 Å². The zero-order chi connectivity index (χ0) is 20.5. The standard InChI is InChI=1S/C20H14F4N2O2/c21-14-8-6-12(7-9-14)15-10-26(11-20(22,23)24)17(13-4-2-1-3-5-13)16(18(15)27)19(25)28/h1-10H,11H2,(H2,25,28). The van der Waals surface area contributed by atoms with Gasteiger partial charge in [-0.2, -0.15) is 13.2 Å². The molecule has 0 bridgehead atoms. The first kappa shape index (κ1) is 19.3. The molecule has 1 aromatic heterocycles. The zero-order valence-corrected chi connectivity index (χ0v) is 14.3. The number of aromatic nitrogens is 1. The number of alkyl halides is 3. The molecule has 0 spiro atoms. The number of hydrogen-bond acceptors (Lipinski definition) is 2. The molecule has 2 aromatic carbocycles. The lowest BCUT2D eigenvalue weighted by Crippen LogP contribution is -2.29. The minimum Gasteiger partial charge on any atom is -0.365 e. The predicted molar refractivity (Wildman–Crippen MR) is 96.1 cm³/mol. The molecule has 0 saturated heterocycles. The van der Waals surface area contributed by atoms with Crippen LogP contribution in [0.15, 0.2) is 65.6 Å². The molecule has 144 valence electrons. The van der Waals surface area contributed by atoms with Gasteiger partial charge in [0.05, 0.1) is 5.69 Å². The number of benzene rings is 2. The van der Waals surface area contributed by atoms with Crippen LogP contribution in [0.3, 0.4) is 0 Å². The summed E-state index contributed by atoms with van der Waals surface area (Å²) in [5, 5.41) is 0. The molecule has 1 heterocycles. The van der Waals surface area contributed by atoms with Crippen molar-refractivity contribution >= 4 is 5.91 Å². The maximum absolute atomic E-state index is 13.2. The Morgan fingerprint density at radius 1 is 0.964 bits per heavy atom. The number of amides is 1. The van der Waals surface area contributed by atoms with Crippen molar-refractivity contribution in [3.8, 4) is 22.4 Å². The minimum atomic E-state index is -4.62. The number of hydrogen-bond donors (Lipinski definition) is 1. The third-order valence-electron chi connectivity index (χ3n) is 4.08. The Balaban J connectivity index is 2.38. The van der Waals surface area contributed by atoms with E-state index in [2.05, 4.69) is 0 Å². The SMILES string of the molecule is NC(=O)c1c(-c2ccccc2)n(CC(F)(F)F)cc(-c2ccc(F)cc2)c1=O. The number of primary amides is 1. The molecule has 3 aromatic rings. The minimum absolute atomic E-state index is 0.171. The molecule has 0 fully saturated rings. The van der Waals surface area contributed by atoms with E-state index >= 15 is 0 Å². The third-order valence-corrected chi connectivity index (χ3v) is 4.08. The first-order valence-electron chi connectivity index (χ1n) is 8.13. The number of carbonyl (C=O) groups excluding carboxylic acids is 1. The zero-order valence-electron chi connectivity index (χ0n) is 14.3. The topological polar surface area (TPSA) is 65.1 Å². The van der Waals surface area contributed by atoms with Gasteiger partial charge < -0.3 is 10.3 Å². The van der Waals surface area contributed by atoms with Crippen LogP contribution < -0.4 is 11.2 Å². The van der Waals surface area contributed by atoms with Crippen LogP contribution in [0.4, 0.5) is 17.6 Å². The lowest BCUT2D eigenvalue weighted by molar-refractivity contribution is -0.140. The predicted octanol–water partition coefficient (Wildman–Crippen LogP) is 3.98. The summed E-state index contributed by atoms with van der Waals surface area (Å²) in [4.78, 5) is 25.0. The van der Waals surface area contributed by atoms with E-state index in [1.807, 2.05) is 0 Å². The van der Waals surface area contributed by atoms with Crippen LogP contribution in [0.1, 0.15) is 10.4 Å². The highest BCUT2D eigenvalue weighted by Gasteiger charge is 2.31. The average Bonchev–Trinajstić information content (AvgIpc) is 2.62. The summed E-state index contributed by atoms with van der Waals surface area (Å²) in [6.07, 6.45) is -3.61. The molecule has 4 nitrogen and oxygen atoms in total. The summed E-state index contributed by atoms with van der Waals surface area (Å²) in [6, 6.07) is 12.4. The van der Waals surface area contributed by atoms with Crippen molar-refractivity contribution in [2.45, 2.75) is 12.7 Å². The van der Waals surface area contributed by atoms with E-state index < -0.39 is 35.4 Å². The van der Waals surface area contributed by atoms with Crippen LogP contribution in [0.25, 0.3) is 22.4 Å². The highest BCUT2D eigenvalue weighted by Crippen LogP contribution is 2.29. The molecule has 8 heteroatoms. The molecule has 0 aliphatic rings.